The molecule has 0 radical (unpaired) electrons. The van der Waals surface area contributed by atoms with Gasteiger partial charge in [-0.1, -0.05) is 11.6 Å². The van der Waals surface area contributed by atoms with Crippen LogP contribution in [0, 0.1) is 0 Å². The van der Waals surface area contributed by atoms with Crippen LogP contribution in [0.25, 0.3) is 0 Å². The Bertz CT molecular complexity index is 453. The Labute approximate surface area is 117 Å². The molecule has 1 aromatic carbocycles. The first-order chi connectivity index (χ1) is 8.61. The van der Waals surface area contributed by atoms with Gasteiger partial charge in [0, 0.05) is 15.7 Å². The molecule has 2 unspecified atom stereocenters. The van der Waals surface area contributed by atoms with Gasteiger partial charge in [-0.05, 0) is 44.2 Å². The zero-order valence-electron chi connectivity index (χ0n) is 10.5. The third-order valence-electron chi connectivity index (χ3n) is 3.15. The van der Waals surface area contributed by atoms with E-state index in [1.807, 2.05) is 36.9 Å². The molecular formula is C13H17ClN2OS. The molecule has 5 heteroatoms. The minimum Gasteiger partial charge on any atom is -0.348 e. The molecule has 1 aliphatic rings. The van der Waals surface area contributed by atoms with Crippen LogP contribution in [0.15, 0.2) is 23.1 Å². The van der Waals surface area contributed by atoms with Crippen molar-refractivity contribution in [2.24, 2.45) is 0 Å². The van der Waals surface area contributed by atoms with Crippen molar-refractivity contribution in [3.05, 3.63) is 28.8 Å². The number of nitrogens with one attached hydrogen (secondary N) is 2. The second-order valence-electron chi connectivity index (χ2n) is 4.39. The van der Waals surface area contributed by atoms with Crippen molar-refractivity contribution in [1.82, 2.24) is 10.6 Å². The first kappa shape index (κ1) is 13.7. The van der Waals surface area contributed by atoms with E-state index >= 15 is 0 Å². The predicted octanol–water partition coefficient (Wildman–Crippen LogP) is 2.60. The van der Waals surface area contributed by atoms with E-state index in [-0.39, 0.29) is 18.0 Å². The average Bonchev–Trinajstić information content (AvgIpc) is 2.38. The smallest absolute Gasteiger partial charge is 0.237 e. The summed E-state index contributed by atoms with van der Waals surface area (Å²) in [5.74, 6) is 1.05. The Morgan fingerprint density at radius 2 is 2.33 bits per heavy atom. The minimum atomic E-state index is -0.179. The summed E-state index contributed by atoms with van der Waals surface area (Å²) >= 11 is 7.85. The number of carbonyl (C=O) groups excluding carboxylic acids is 1. The van der Waals surface area contributed by atoms with Gasteiger partial charge in [-0.2, -0.15) is 0 Å². The van der Waals surface area contributed by atoms with Crippen LogP contribution in [-0.2, 0) is 4.79 Å². The van der Waals surface area contributed by atoms with Crippen molar-refractivity contribution in [3.63, 3.8) is 0 Å². The Kier molecular flexibility index (Phi) is 4.54. The van der Waals surface area contributed by atoms with E-state index in [4.69, 9.17) is 11.6 Å². The highest BCUT2D eigenvalue weighted by molar-refractivity contribution is 7.99. The Morgan fingerprint density at radius 1 is 1.56 bits per heavy atom. The van der Waals surface area contributed by atoms with E-state index in [2.05, 4.69) is 10.6 Å². The molecule has 98 valence electrons. The van der Waals surface area contributed by atoms with E-state index in [1.54, 1.807) is 7.05 Å². The number of fused-ring (bicyclic) bond motifs is 1. The summed E-state index contributed by atoms with van der Waals surface area (Å²) in [7, 11) is 1.78. The average molecular weight is 285 g/mol. The van der Waals surface area contributed by atoms with Gasteiger partial charge >= 0.3 is 0 Å². The highest BCUT2D eigenvalue weighted by Gasteiger charge is 2.23. The summed E-state index contributed by atoms with van der Waals surface area (Å²) in [4.78, 5) is 13.1. The maximum absolute atomic E-state index is 11.9. The van der Waals surface area contributed by atoms with Gasteiger partial charge in [-0.3, -0.25) is 4.79 Å². The van der Waals surface area contributed by atoms with Crippen LogP contribution in [0.2, 0.25) is 5.02 Å². The predicted molar refractivity (Wildman–Crippen MR) is 76.2 cm³/mol. The molecule has 2 atom stereocenters. The van der Waals surface area contributed by atoms with E-state index < -0.39 is 0 Å². The first-order valence-corrected chi connectivity index (χ1v) is 7.38. The molecule has 1 heterocycles. The van der Waals surface area contributed by atoms with Crippen molar-refractivity contribution in [2.45, 2.75) is 30.3 Å². The Hall–Kier alpha value is -0.710. The Morgan fingerprint density at radius 3 is 3.06 bits per heavy atom. The summed E-state index contributed by atoms with van der Waals surface area (Å²) in [5.41, 5.74) is 1.13. The van der Waals surface area contributed by atoms with Gasteiger partial charge in [0.25, 0.3) is 0 Å². The zero-order chi connectivity index (χ0) is 13.1. The van der Waals surface area contributed by atoms with Crippen LogP contribution in [0.1, 0.15) is 24.9 Å². The number of thioether (sulfide) groups is 1. The summed E-state index contributed by atoms with van der Waals surface area (Å²) in [5, 5.41) is 6.75. The van der Waals surface area contributed by atoms with Crippen LogP contribution in [0.4, 0.5) is 0 Å². The lowest BCUT2D eigenvalue weighted by Crippen LogP contribution is -2.42. The molecular weight excluding hydrogens is 268 g/mol. The lowest BCUT2D eigenvalue weighted by atomic mass is 10.0. The monoisotopic (exact) mass is 284 g/mol. The highest BCUT2D eigenvalue weighted by Crippen LogP contribution is 2.37. The van der Waals surface area contributed by atoms with Gasteiger partial charge in [0.15, 0.2) is 0 Å². The van der Waals surface area contributed by atoms with Gasteiger partial charge in [0.1, 0.15) is 0 Å². The van der Waals surface area contributed by atoms with Gasteiger partial charge in [-0.25, -0.2) is 0 Å². The fraction of sp³-hybridized carbons (Fsp3) is 0.462. The second kappa shape index (κ2) is 5.95. The minimum absolute atomic E-state index is 0.0281. The third-order valence-corrected chi connectivity index (χ3v) is 4.51. The molecule has 2 rings (SSSR count). The van der Waals surface area contributed by atoms with E-state index in [9.17, 15) is 4.79 Å². The highest BCUT2D eigenvalue weighted by atomic mass is 35.5. The zero-order valence-corrected chi connectivity index (χ0v) is 12.1. The fourth-order valence-electron chi connectivity index (χ4n) is 1.94. The van der Waals surface area contributed by atoms with Crippen LogP contribution in [-0.4, -0.2) is 24.7 Å². The van der Waals surface area contributed by atoms with Crippen LogP contribution >= 0.6 is 23.4 Å². The number of likely N-dealkylation sites (N-methyl/N-ethyl adjacent to an activating group) is 1. The van der Waals surface area contributed by atoms with Crippen molar-refractivity contribution in [2.75, 3.05) is 12.8 Å². The van der Waals surface area contributed by atoms with E-state index in [0.717, 1.165) is 22.8 Å². The molecule has 1 amide bonds. The molecule has 0 aromatic heterocycles. The molecule has 0 aliphatic carbocycles. The van der Waals surface area contributed by atoms with Gasteiger partial charge < -0.3 is 10.6 Å². The standard InChI is InChI=1S/C13H17ClN2OS/c1-8(15-2)13(17)16-11-5-6-18-12-4-3-9(14)7-10(11)12/h3-4,7-8,11,15H,5-6H2,1-2H3,(H,16,17). The molecule has 0 spiro atoms. The van der Waals surface area contributed by atoms with Gasteiger partial charge in [0.05, 0.1) is 12.1 Å². The van der Waals surface area contributed by atoms with Gasteiger partial charge in [-0.15, -0.1) is 11.8 Å². The summed E-state index contributed by atoms with van der Waals surface area (Å²) in [6, 6.07) is 5.78. The first-order valence-electron chi connectivity index (χ1n) is 6.01. The molecule has 0 saturated heterocycles. The number of halogens is 1. The van der Waals surface area contributed by atoms with E-state index in [1.165, 1.54) is 4.90 Å². The second-order valence-corrected chi connectivity index (χ2v) is 5.96. The molecule has 2 N–H and O–H groups in total. The molecule has 1 aliphatic heterocycles. The topological polar surface area (TPSA) is 41.1 Å². The summed E-state index contributed by atoms with van der Waals surface area (Å²) in [6.07, 6.45) is 0.945. The lowest BCUT2D eigenvalue weighted by molar-refractivity contribution is -0.123. The van der Waals surface area contributed by atoms with Crippen LogP contribution < -0.4 is 10.6 Å². The fourth-order valence-corrected chi connectivity index (χ4v) is 3.23. The molecule has 3 nitrogen and oxygen atoms in total. The third kappa shape index (κ3) is 2.99. The molecule has 18 heavy (non-hydrogen) atoms. The molecule has 0 fully saturated rings. The van der Waals surface area contributed by atoms with Crippen molar-refractivity contribution >= 4 is 29.3 Å². The number of benzene rings is 1. The molecule has 1 aromatic rings. The van der Waals surface area contributed by atoms with Crippen molar-refractivity contribution < 1.29 is 4.79 Å². The Balaban J connectivity index is 2.17. The number of hydrogen-bond donors (Lipinski definition) is 2. The van der Waals surface area contributed by atoms with Crippen molar-refractivity contribution in [1.29, 1.82) is 0 Å². The van der Waals surface area contributed by atoms with Crippen LogP contribution in [0.3, 0.4) is 0 Å². The summed E-state index contributed by atoms with van der Waals surface area (Å²) in [6.45, 7) is 1.85. The number of hydrogen-bond acceptors (Lipinski definition) is 3. The maximum Gasteiger partial charge on any atom is 0.237 e. The van der Waals surface area contributed by atoms with Crippen molar-refractivity contribution in [3.8, 4) is 0 Å². The largest absolute Gasteiger partial charge is 0.348 e. The summed E-state index contributed by atoms with van der Waals surface area (Å²) < 4.78 is 0. The number of carbonyl (C=O) groups is 1. The lowest BCUT2D eigenvalue weighted by Gasteiger charge is -2.27. The maximum atomic E-state index is 11.9. The normalized spacial score (nSPS) is 20.1. The number of amides is 1. The van der Waals surface area contributed by atoms with Gasteiger partial charge in [0.2, 0.25) is 5.91 Å². The molecule has 0 saturated carbocycles. The SMILES string of the molecule is CNC(C)C(=O)NC1CCSc2ccc(Cl)cc21. The molecule has 0 bridgehead atoms. The van der Waals surface area contributed by atoms with E-state index in [0.29, 0.717) is 0 Å². The van der Waals surface area contributed by atoms with Crippen LogP contribution in [0.5, 0.6) is 0 Å². The quantitative estimate of drug-likeness (QED) is 0.896. The number of rotatable bonds is 3.